The Balaban J connectivity index is 1.83. The second-order valence-electron chi connectivity index (χ2n) is 5.63. The Morgan fingerprint density at radius 1 is 1.28 bits per heavy atom. The first-order valence-electron chi connectivity index (χ1n) is 6.68. The summed E-state index contributed by atoms with van der Waals surface area (Å²) in [6.07, 6.45) is 9.58. The largest absolute Gasteiger partial charge is 0.368 e. The van der Waals surface area contributed by atoms with Crippen LogP contribution in [0.15, 0.2) is 11.0 Å². The van der Waals surface area contributed by atoms with Gasteiger partial charge in [0.25, 0.3) is 5.56 Å². The number of aromatic nitrogens is 2. The van der Waals surface area contributed by atoms with Gasteiger partial charge in [-0.3, -0.25) is 4.79 Å². The standard InChI is InChI=1S/C13H18ClN3O/c14-11-10(8-15-16-12(11)18)17-7-6-13(9-17)4-2-1-3-5-13/h8H,1-7,9H2,(H,16,18). The summed E-state index contributed by atoms with van der Waals surface area (Å²) in [5.41, 5.74) is 0.964. The molecule has 0 bridgehead atoms. The average molecular weight is 268 g/mol. The third-order valence-corrected chi connectivity index (χ3v) is 4.84. The number of anilines is 1. The van der Waals surface area contributed by atoms with E-state index in [0.717, 1.165) is 18.8 Å². The van der Waals surface area contributed by atoms with Crippen molar-refractivity contribution in [1.82, 2.24) is 10.2 Å². The Morgan fingerprint density at radius 3 is 2.83 bits per heavy atom. The van der Waals surface area contributed by atoms with Gasteiger partial charge in [0.2, 0.25) is 0 Å². The third kappa shape index (κ3) is 2.03. The number of rotatable bonds is 1. The molecule has 3 rings (SSSR count). The molecule has 0 radical (unpaired) electrons. The van der Waals surface area contributed by atoms with Crippen LogP contribution < -0.4 is 10.5 Å². The van der Waals surface area contributed by atoms with E-state index in [0.29, 0.717) is 5.41 Å². The molecule has 2 aliphatic rings. The van der Waals surface area contributed by atoms with Crippen molar-refractivity contribution in [2.24, 2.45) is 5.41 Å². The van der Waals surface area contributed by atoms with E-state index in [-0.39, 0.29) is 10.6 Å². The van der Waals surface area contributed by atoms with Crippen molar-refractivity contribution in [3.63, 3.8) is 0 Å². The molecule has 1 saturated heterocycles. The second-order valence-corrected chi connectivity index (χ2v) is 6.01. The van der Waals surface area contributed by atoms with Crippen LogP contribution in [0.25, 0.3) is 0 Å². The van der Waals surface area contributed by atoms with E-state index in [2.05, 4.69) is 15.1 Å². The first kappa shape index (κ1) is 12.0. The van der Waals surface area contributed by atoms with Crippen LogP contribution in [0.4, 0.5) is 5.69 Å². The molecular weight excluding hydrogens is 250 g/mol. The lowest BCUT2D eigenvalue weighted by molar-refractivity contribution is 0.219. The van der Waals surface area contributed by atoms with Gasteiger partial charge in [0.05, 0.1) is 11.9 Å². The highest BCUT2D eigenvalue weighted by atomic mass is 35.5. The summed E-state index contributed by atoms with van der Waals surface area (Å²) < 4.78 is 0. The smallest absolute Gasteiger partial charge is 0.285 e. The first-order chi connectivity index (χ1) is 8.70. The Bertz CT molecular complexity index is 493. The minimum atomic E-state index is -0.293. The molecule has 18 heavy (non-hydrogen) atoms. The molecule has 98 valence electrons. The maximum atomic E-state index is 11.5. The minimum absolute atomic E-state index is 0.276. The van der Waals surface area contributed by atoms with Crippen LogP contribution in [-0.2, 0) is 0 Å². The molecular formula is C13H18ClN3O. The second kappa shape index (κ2) is 4.57. The van der Waals surface area contributed by atoms with Crippen LogP contribution in [0, 0.1) is 5.41 Å². The van der Waals surface area contributed by atoms with Gasteiger partial charge in [0.15, 0.2) is 0 Å². The van der Waals surface area contributed by atoms with Crippen LogP contribution in [0.1, 0.15) is 38.5 Å². The zero-order chi connectivity index (χ0) is 12.6. The molecule has 0 aromatic carbocycles. The molecule has 1 aliphatic carbocycles. The molecule has 4 nitrogen and oxygen atoms in total. The topological polar surface area (TPSA) is 49.0 Å². The van der Waals surface area contributed by atoms with Crippen molar-refractivity contribution in [3.05, 3.63) is 21.6 Å². The Labute approximate surface area is 111 Å². The highest BCUT2D eigenvalue weighted by Gasteiger charge is 2.39. The van der Waals surface area contributed by atoms with E-state index in [4.69, 9.17) is 11.6 Å². The number of halogens is 1. The summed E-state index contributed by atoms with van der Waals surface area (Å²) in [5, 5.41) is 6.51. The summed E-state index contributed by atoms with van der Waals surface area (Å²) in [6.45, 7) is 2.02. The number of aromatic amines is 1. The van der Waals surface area contributed by atoms with Crippen molar-refractivity contribution in [2.45, 2.75) is 38.5 Å². The van der Waals surface area contributed by atoms with E-state index in [1.54, 1.807) is 6.20 Å². The fourth-order valence-corrected chi connectivity index (χ4v) is 3.66. The van der Waals surface area contributed by atoms with Gasteiger partial charge in [-0.05, 0) is 24.7 Å². The monoisotopic (exact) mass is 267 g/mol. The van der Waals surface area contributed by atoms with E-state index in [1.807, 2.05) is 0 Å². The van der Waals surface area contributed by atoms with Crippen molar-refractivity contribution in [3.8, 4) is 0 Å². The maximum Gasteiger partial charge on any atom is 0.285 e. The maximum absolute atomic E-state index is 11.5. The molecule has 1 aliphatic heterocycles. The van der Waals surface area contributed by atoms with Gasteiger partial charge < -0.3 is 4.90 Å². The predicted octanol–water partition coefficient (Wildman–Crippen LogP) is 2.58. The lowest BCUT2D eigenvalue weighted by Crippen LogP contribution is -2.30. The highest BCUT2D eigenvalue weighted by Crippen LogP contribution is 2.45. The Morgan fingerprint density at radius 2 is 2.06 bits per heavy atom. The number of hydrogen-bond acceptors (Lipinski definition) is 3. The summed E-state index contributed by atoms with van der Waals surface area (Å²) in [7, 11) is 0. The lowest BCUT2D eigenvalue weighted by atomic mass is 9.73. The van der Waals surface area contributed by atoms with Gasteiger partial charge in [-0.2, -0.15) is 5.10 Å². The van der Waals surface area contributed by atoms with Crippen molar-refractivity contribution < 1.29 is 0 Å². The molecule has 0 atom stereocenters. The van der Waals surface area contributed by atoms with Gasteiger partial charge in [0.1, 0.15) is 5.02 Å². The molecule has 0 unspecified atom stereocenters. The fourth-order valence-electron chi connectivity index (χ4n) is 3.45. The molecule has 1 aromatic heterocycles. The Kier molecular flexibility index (Phi) is 3.06. The van der Waals surface area contributed by atoms with Crippen LogP contribution in [0.2, 0.25) is 5.02 Å². The quantitative estimate of drug-likeness (QED) is 0.851. The Hall–Kier alpha value is -1.03. The average Bonchev–Trinajstić information content (AvgIpc) is 2.77. The zero-order valence-electron chi connectivity index (χ0n) is 10.4. The fraction of sp³-hybridized carbons (Fsp3) is 0.692. The van der Waals surface area contributed by atoms with E-state index in [1.165, 1.54) is 38.5 Å². The van der Waals surface area contributed by atoms with Gasteiger partial charge in [-0.1, -0.05) is 30.9 Å². The predicted molar refractivity (Wildman–Crippen MR) is 72.2 cm³/mol. The lowest BCUT2D eigenvalue weighted by Gasteiger charge is -2.33. The molecule has 2 fully saturated rings. The van der Waals surface area contributed by atoms with Crippen LogP contribution in [-0.4, -0.2) is 23.3 Å². The van der Waals surface area contributed by atoms with Gasteiger partial charge in [-0.25, -0.2) is 5.10 Å². The van der Waals surface area contributed by atoms with E-state index in [9.17, 15) is 4.79 Å². The SMILES string of the molecule is O=c1[nH]ncc(N2CCC3(CCCCC3)C2)c1Cl. The molecule has 1 saturated carbocycles. The molecule has 2 heterocycles. The van der Waals surface area contributed by atoms with Crippen LogP contribution >= 0.6 is 11.6 Å². The number of nitrogens with one attached hydrogen (secondary N) is 1. The van der Waals surface area contributed by atoms with Crippen molar-refractivity contribution >= 4 is 17.3 Å². The molecule has 1 spiro atoms. The van der Waals surface area contributed by atoms with Crippen LogP contribution in [0.5, 0.6) is 0 Å². The number of nitrogens with zero attached hydrogens (tertiary/aromatic N) is 2. The van der Waals surface area contributed by atoms with Gasteiger partial charge in [-0.15, -0.1) is 0 Å². The van der Waals surface area contributed by atoms with Gasteiger partial charge in [0, 0.05) is 13.1 Å². The molecule has 1 N–H and O–H groups in total. The molecule has 0 amide bonds. The number of hydrogen-bond donors (Lipinski definition) is 1. The van der Waals surface area contributed by atoms with Crippen LogP contribution in [0.3, 0.4) is 0 Å². The van der Waals surface area contributed by atoms with Crippen molar-refractivity contribution in [2.75, 3.05) is 18.0 Å². The van der Waals surface area contributed by atoms with Gasteiger partial charge >= 0.3 is 0 Å². The molecule has 1 aromatic rings. The highest BCUT2D eigenvalue weighted by molar-refractivity contribution is 6.33. The first-order valence-corrected chi connectivity index (χ1v) is 7.06. The zero-order valence-corrected chi connectivity index (χ0v) is 11.2. The summed E-state index contributed by atoms with van der Waals surface area (Å²) >= 11 is 6.08. The molecule has 5 heteroatoms. The van der Waals surface area contributed by atoms with Crippen molar-refractivity contribution in [1.29, 1.82) is 0 Å². The normalized spacial score (nSPS) is 22.6. The van der Waals surface area contributed by atoms with E-state index >= 15 is 0 Å². The number of H-pyrrole nitrogens is 1. The third-order valence-electron chi connectivity index (χ3n) is 4.47. The minimum Gasteiger partial charge on any atom is -0.368 e. The summed E-state index contributed by atoms with van der Waals surface area (Å²) in [6, 6.07) is 0. The van der Waals surface area contributed by atoms with E-state index < -0.39 is 0 Å². The summed E-state index contributed by atoms with van der Waals surface area (Å²) in [5.74, 6) is 0. The summed E-state index contributed by atoms with van der Waals surface area (Å²) in [4.78, 5) is 13.7.